The van der Waals surface area contributed by atoms with Gasteiger partial charge in [0, 0.05) is 23.8 Å². The summed E-state index contributed by atoms with van der Waals surface area (Å²) in [5.74, 6) is -0.325. The molecule has 3 N–H and O–H groups in total. The molecule has 9 heteroatoms. The molecule has 1 heterocycles. The van der Waals surface area contributed by atoms with Gasteiger partial charge in [0.25, 0.3) is 5.91 Å². The molecule has 0 saturated carbocycles. The molecule has 27 heavy (non-hydrogen) atoms. The third-order valence-corrected chi connectivity index (χ3v) is 4.61. The summed E-state index contributed by atoms with van der Waals surface area (Å²) < 4.78 is 12.9. The molecule has 0 radical (unpaired) electrons. The minimum atomic E-state index is -1.54. The Kier molecular flexibility index (Phi) is 6.18. The first-order valence-electron chi connectivity index (χ1n) is 7.98. The SMILES string of the molecule is O=C(Nc1ccc(F)cc1)c1cnc(SCc2ccccc2B(O)O)nc1. The maximum atomic E-state index is 12.9. The summed E-state index contributed by atoms with van der Waals surface area (Å²) in [4.78, 5) is 20.5. The largest absolute Gasteiger partial charge is 0.488 e. The molecule has 3 aromatic rings. The number of benzene rings is 2. The van der Waals surface area contributed by atoms with Gasteiger partial charge in [-0.15, -0.1) is 0 Å². The van der Waals surface area contributed by atoms with E-state index in [-0.39, 0.29) is 11.4 Å². The van der Waals surface area contributed by atoms with Crippen molar-refractivity contribution in [2.75, 3.05) is 5.32 Å². The average Bonchev–Trinajstić information content (AvgIpc) is 2.68. The van der Waals surface area contributed by atoms with Crippen molar-refractivity contribution in [1.29, 1.82) is 0 Å². The van der Waals surface area contributed by atoms with Crippen LogP contribution < -0.4 is 10.8 Å². The van der Waals surface area contributed by atoms with Crippen molar-refractivity contribution in [2.24, 2.45) is 0 Å². The van der Waals surface area contributed by atoms with Gasteiger partial charge in [0.15, 0.2) is 5.16 Å². The van der Waals surface area contributed by atoms with Gasteiger partial charge < -0.3 is 15.4 Å². The average molecular weight is 383 g/mol. The molecule has 0 spiro atoms. The number of anilines is 1. The summed E-state index contributed by atoms with van der Waals surface area (Å²) in [5, 5.41) is 21.9. The predicted molar refractivity (Wildman–Crippen MR) is 102 cm³/mol. The summed E-state index contributed by atoms with van der Waals surface area (Å²) >= 11 is 1.31. The van der Waals surface area contributed by atoms with Crippen LogP contribution in [0.25, 0.3) is 0 Å². The Morgan fingerprint density at radius 1 is 1.07 bits per heavy atom. The monoisotopic (exact) mass is 383 g/mol. The molecule has 0 aliphatic rings. The van der Waals surface area contributed by atoms with Crippen molar-refractivity contribution in [3.63, 3.8) is 0 Å². The van der Waals surface area contributed by atoms with Crippen molar-refractivity contribution in [3.05, 3.63) is 77.9 Å². The van der Waals surface area contributed by atoms with Gasteiger partial charge in [-0.3, -0.25) is 4.79 Å². The van der Waals surface area contributed by atoms with E-state index in [4.69, 9.17) is 0 Å². The Bertz CT molecular complexity index is 924. The molecule has 136 valence electrons. The predicted octanol–water partition coefficient (Wildman–Crippen LogP) is 1.84. The number of hydrogen-bond acceptors (Lipinski definition) is 6. The molecule has 6 nitrogen and oxygen atoms in total. The van der Waals surface area contributed by atoms with Crippen molar-refractivity contribution in [2.45, 2.75) is 10.9 Å². The number of amides is 1. The van der Waals surface area contributed by atoms with Gasteiger partial charge in [-0.1, -0.05) is 36.0 Å². The van der Waals surface area contributed by atoms with Crippen LogP contribution in [0, 0.1) is 5.82 Å². The number of thioether (sulfide) groups is 1. The van der Waals surface area contributed by atoms with Crippen LogP contribution in [-0.2, 0) is 5.75 Å². The van der Waals surface area contributed by atoms with Gasteiger partial charge in [0.2, 0.25) is 0 Å². The molecule has 3 rings (SSSR count). The molecule has 1 aromatic heterocycles. The molecule has 1 amide bonds. The van der Waals surface area contributed by atoms with E-state index in [1.54, 1.807) is 18.2 Å². The Morgan fingerprint density at radius 3 is 2.41 bits per heavy atom. The summed E-state index contributed by atoms with van der Waals surface area (Å²) in [5.41, 5.74) is 1.94. The first kappa shape index (κ1) is 19.0. The first-order valence-corrected chi connectivity index (χ1v) is 8.97. The summed E-state index contributed by atoms with van der Waals surface area (Å²) in [7, 11) is -1.54. The minimum Gasteiger partial charge on any atom is -0.423 e. The number of nitrogens with one attached hydrogen (secondary N) is 1. The van der Waals surface area contributed by atoms with Crippen LogP contribution in [0.5, 0.6) is 0 Å². The van der Waals surface area contributed by atoms with E-state index >= 15 is 0 Å². The van der Waals surface area contributed by atoms with Gasteiger partial charge in [-0.05, 0) is 35.3 Å². The van der Waals surface area contributed by atoms with Crippen LogP contribution in [0.15, 0.2) is 66.1 Å². The summed E-state index contributed by atoms with van der Waals surface area (Å²) in [6, 6.07) is 12.4. The second-order valence-electron chi connectivity index (χ2n) is 5.58. The Labute approximate surface area is 159 Å². The number of nitrogens with zero attached hydrogens (tertiary/aromatic N) is 2. The second kappa shape index (κ2) is 8.76. The second-order valence-corrected chi connectivity index (χ2v) is 6.52. The standard InChI is InChI=1S/C18H15BFN3O3S/c20-14-5-7-15(8-6-14)23-17(24)13-9-21-18(22-10-13)27-11-12-3-1-2-4-16(12)19(25)26/h1-10,25-26H,11H2,(H,23,24). The Balaban J connectivity index is 1.62. The highest BCUT2D eigenvalue weighted by molar-refractivity contribution is 7.98. The van der Waals surface area contributed by atoms with Crippen LogP contribution in [0.4, 0.5) is 10.1 Å². The lowest BCUT2D eigenvalue weighted by atomic mass is 9.77. The maximum absolute atomic E-state index is 12.9. The molecule has 0 bridgehead atoms. The molecule has 0 aliphatic heterocycles. The van der Waals surface area contributed by atoms with Crippen LogP contribution >= 0.6 is 11.8 Å². The third kappa shape index (κ3) is 5.13. The van der Waals surface area contributed by atoms with E-state index in [1.165, 1.54) is 48.4 Å². The fourth-order valence-electron chi connectivity index (χ4n) is 2.30. The lowest BCUT2D eigenvalue weighted by molar-refractivity contribution is 0.102. The summed E-state index contributed by atoms with van der Waals surface area (Å²) in [6.07, 6.45) is 2.81. The quantitative estimate of drug-likeness (QED) is 0.342. The molecule has 0 unspecified atom stereocenters. The van der Waals surface area contributed by atoms with Gasteiger partial charge in [0.05, 0.1) is 5.56 Å². The zero-order valence-corrected chi connectivity index (χ0v) is 14.9. The highest BCUT2D eigenvalue weighted by Crippen LogP contribution is 2.18. The van der Waals surface area contributed by atoms with E-state index in [9.17, 15) is 19.2 Å². The molecule has 2 aromatic carbocycles. The lowest BCUT2D eigenvalue weighted by Gasteiger charge is -2.08. The van der Waals surface area contributed by atoms with Crippen LogP contribution in [0.3, 0.4) is 0 Å². The zero-order valence-electron chi connectivity index (χ0n) is 14.0. The first-order chi connectivity index (χ1) is 13.0. The normalized spacial score (nSPS) is 10.5. The summed E-state index contributed by atoms with van der Waals surface area (Å²) in [6.45, 7) is 0. The van der Waals surface area contributed by atoms with Crippen LogP contribution in [-0.4, -0.2) is 33.0 Å². The molecule has 0 aliphatic carbocycles. The smallest absolute Gasteiger partial charge is 0.423 e. The number of carbonyl (C=O) groups is 1. The van der Waals surface area contributed by atoms with Gasteiger partial charge in [-0.25, -0.2) is 14.4 Å². The van der Waals surface area contributed by atoms with Gasteiger partial charge in [-0.2, -0.15) is 0 Å². The van der Waals surface area contributed by atoms with E-state index < -0.39 is 13.0 Å². The Morgan fingerprint density at radius 2 is 1.74 bits per heavy atom. The van der Waals surface area contributed by atoms with Crippen molar-refractivity contribution in [1.82, 2.24) is 9.97 Å². The number of halogens is 1. The number of hydrogen-bond donors (Lipinski definition) is 3. The molecular weight excluding hydrogens is 368 g/mol. The maximum Gasteiger partial charge on any atom is 0.488 e. The number of rotatable bonds is 6. The van der Waals surface area contributed by atoms with E-state index in [0.717, 1.165) is 5.56 Å². The Hall–Kier alpha value is -2.75. The minimum absolute atomic E-state index is 0.273. The van der Waals surface area contributed by atoms with Crippen LogP contribution in [0.1, 0.15) is 15.9 Å². The number of aromatic nitrogens is 2. The van der Waals surface area contributed by atoms with Crippen LogP contribution in [0.2, 0.25) is 0 Å². The molecule has 0 saturated heterocycles. The van der Waals surface area contributed by atoms with Crippen molar-refractivity contribution < 1.29 is 19.2 Å². The third-order valence-electron chi connectivity index (χ3n) is 3.68. The van der Waals surface area contributed by atoms with Crippen molar-refractivity contribution in [3.8, 4) is 0 Å². The van der Waals surface area contributed by atoms with E-state index in [2.05, 4.69) is 15.3 Å². The van der Waals surface area contributed by atoms with E-state index in [0.29, 0.717) is 22.1 Å². The topological polar surface area (TPSA) is 95.3 Å². The van der Waals surface area contributed by atoms with Crippen molar-refractivity contribution >= 4 is 35.9 Å². The molecular formula is C18H15BFN3O3S. The van der Waals surface area contributed by atoms with Gasteiger partial charge in [0.1, 0.15) is 5.82 Å². The zero-order chi connectivity index (χ0) is 19.2. The fraction of sp³-hybridized carbons (Fsp3) is 0.0556. The fourth-order valence-corrected chi connectivity index (χ4v) is 3.11. The highest BCUT2D eigenvalue weighted by atomic mass is 32.2. The number of carbonyl (C=O) groups excluding carboxylic acids is 1. The highest BCUT2D eigenvalue weighted by Gasteiger charge is 2.15. The lowest BCUT2D eigenvalue weighted by Crippen LogP contribution is -2.32. The van der Waals surface area contributed by atoms with Gasteiger partial charge >= 0.3 is 7.12 Å². The molecule has 0 atom stereocenters. The molecule has 0 fully saturated rings. The van der Waals surface area contributed by atoms with E-state index in [1.807, 2.05) is 6.07 Å².